The molecule has 0 bridgehead atoms. The summed E-state index contributed by atoms with van der Waals surface area (Å²) >= 11 is 1.19. The molecule has 0 unspecified atom stereocenters. The third-order valence-corrected chi connectivity index (χ3v) is 8.63. The summed E-state index contributed by atoms with van der Waals surface area (Å²) in [5, 5.41) is 0. The first-order valence-electron chi connectivity index (χ1n) is 14.9. The first-order valence-corrected chi connectivity index (χ1v) is 15.7. The first-order chi connectivity index (χ1) is 22.9. The van der Waals surface area contributed by atoms with Gasteiger partial charge in [-0.3, -0.25) is 9.36 Å². The second kappa shape index (κ2) is 13.9. The lowest BCUT2D eigenvalue weighted by Gasteiger charge is -2.26. The quantitative estimate of drug-likeness (QED) is 0.181. The van der Waals surface area contributed by atoms with E-state index in [4.69, 9.17) is 23.9 Å². The van der Waals surface area contributed by atoms with Gasteiger partial charge in [0, 0.05) is 16.7 Å². The highest BCUT2D eigenvalue weighted by Gasteiger charge is 2.35. The molecule has 10 heteroatoms. The number of hydrogen-bond donors (Lipinski definition) is 0. The van der Waals surface area contributed by atoms with Crippen molar-refractivity contribution in [3.8, 4) is 17.2 Å². The van der Waals surface area contributed by atoms with Crippen molar-refractivity contribution in [2.24, 2.45) is 4.99 Å². The number of halogens is 1. The second-order valence-electron chi connectivity index (χ2n) is 10.5. The van der Waals surface area contributed by atoms with Gasteiger partial charge >= 0.3 is 5.97 Å². The molecule has 0 N–H and O–H groups in total. The van der Waals surface area contributed by atoms with Gasteiger partial charge < -0.3 is 18.9 Å². The third kappa shape index (κ3) is 6.32. The van der Waals surface area contributed by atoms with Gasteiger partial charge in [-0.05, 0) is 42.8 Å². The van der Waals surface area contributed by atoms with Crippen LogP contribution in [0.2, 0.25) is 0 Å². The number of carbonyl (C=O) groups is 1. The van der Waals surface area contributed by atoms with E-state index in [1.54, 1.807) is 68.6 Å². The van der Waals surface area contributed by atoms with Gasteiger partial charge in [-0.1, -0.05) is 84.1 Å². The van der Waals surface area contributed by atoms with E-state index in [9.17, 15) is 14.0 Å². The molecule has 0 saturated heterocycles. The minimum Gasteiger partial charge on any atom is -0.497 e. The van der Waals surface area contributed by atoms with Crippen LogP contribution in [0.25, 0.3) is 11.8 Å². The summed E-state index contributed by atoms with van der Waals surface area (Å²) in [5.74, 6) is 0.458. The van der Waals surface area contributed by atoms with Crippen molar-refractivity contribution < 1.29 is 28.1 Å². The van der Waals surface area contributed by atoms with E-state index in [0.717, 1.165) is 0 Å². The monoisotopic (exact) mass is 650 g/mol. The standard InChI is InChI=1S/C37H31FN2O6S/c1-4-45-36(42)31-32(23-11-6-5-7-12-23)39-37-40(33(31)24-17-19-27(43-2)20-18-24)35(41)30(47-37)21-25-14-10-16-29(44-3)34(25)46-22-26-13-8-9-15-28(26)38/h5-21,33H,4,22H2,1-3H3/b30-21-/t33-/m1/s1. The van der Waals surface area contributed by atoms with Crippen molar-refractivity contribution in [3.05, 3.63) is 150 Å². The predicted octanol–water partition coefficient (Wildman–Crippen LogP) is 5.67. The van der Waals surface area contributed by atoms with Gasteiger partial charge in [0.15, 0.2) is 16.3 Å². The molecule has 238 valence electrons. The topological polar surface area (TPSA) is 88.4 Å². The number of rotatable bonds is 10. The largest absolute Gasteiger partial charge is 0.497 e. The summed E-state index contributed by atoms with van der Waals surface area (Å²) < 4.78 is 38.9. The summed E-state index contributed by atoms with van der Waals surface area (Å²) in [5.41, 5.74) is 2.64. The highest BCUT2D eigenvalue weighted by Crippen LogP contribution is 2.36. The summed E-state index contributed by atoms with van der Waals surface area (Å²) in [6.45, 7) is 1.84. The van der Waals surface area contributed by atoms with Gasteiger partial charge in [-0.2, -0.15) is 0 Å². The van der Waals surface area contributed by atoms with Gasteiger partial charge in [-0.25, -0.2) is 14.2 Å². The van der Waals surface area contributed by atoms with Crippen molar-refractivity contribution in [3.63, 3.8) is 0 Å². The fourth-order valence-electron chi connectivity index (χ4n) is 5.41. The van der Waals surface area contributed by atoms with Crippen LogP contribution in [0.5, 0.6) is 17.2 Å². The van der Waals surface area contributed by atoms with E-state index in [0.29, 0.717) is 54.5 Å². The number of esters is 1. The lowest BCUT2D eigenvalue weighted by atomic mass is 9.93. The molecule has 0 fully saturated rings. The number of benzene rings is 4. The molecular weight excluding hydrogens is 619 g/mol. The molecule has 5 aromatic rings. The molecule has 0 aliphatic carbocycles. The molecule has 1 aliphatic rings. The summed E-state index contributed by atoms with van der Waals surface area (Å²) in [6.07, 6.45) is 1.70. The van der Waals surface area contributed by atoms with E-state index >= 15 is 0 Å². The molecule has 2 heterocycles. The van der Waals surface area contributed by atoms with Gasteiger partial charge in [0.05, 0.1) is 42.7 Å². The Morgan fingerprint density at radius 1 is 0.936 bits per heavy atom. The first kappa shape index (κ1) is 31.5. The molecule has 0 radical (unpaired) electrons. The highest BCUT2D eigenvalue weighted by molar-refractivity contribution is 7.07. The Balaban J connectivity index is 1.55. The van der Waals surface area contributed by atoms with E-state index < -0.39 is 12.0 Å². The molecule has 0 spiro atoms. The number of nitrogens with zero attached hydrogens (tertiary/aromatic N) is 2. The molecule has 8 nitrogen and oxygen atoms in total. The van der Waals surface area contributed by atoms with Crippen molar-refractivity contribution in [2.75, 3.05) is 20.8 Å². The third-order valence-electron chi connectivity index (χ3n) is 7.65. The van der Waals surface area contributed by atoms with Crippen molar-refractivity contribution in [1.29, 1.82) is 0 Å². The maximum atomic E-state index is 14.4. The number of carbonyl (C=O) groups excluding carboxylic acids is 1. The van der Waals surface area contributed by atoms with Crippen LogP contribution >= 0.6 is 11.3 Å². The minimum absolute atomic E-state index is 0.0457. The Bertz CT molecular complexity index is 2140. The Morgan fingerprint density at radius 2 is 1.68 bits per heavy atom. The molecule has 0 saturated carbocycles. The molecule has 0 amide bonds. The average molecular weight is 651 g/mol. The molecule has 1 aliphatic heterocycles. The van der Waals surface area contributed by atoms with E-state index in [1.165, 1.54) is 29.1 Å². The molecule has 6 rings (SSSR count). The molecule has 1 aromatic heterocycles. The van der Waals surface area contributed by atoms with E-state index in [2.05, 4.69) is 0 Å². The zero-order chi connectivity index (χ0) is 32.9. The van der Waals surface area contributed by atoms with Crippen LogP contribution < -0.4 is 29.1 Å². The van der Waals surface area contributed by atoms with Gasteiger partial charge in [0.25, 0.3) is 5.56 Å². The SMILES string of the molecule is CCOC(=O)C1=C(c2ccccc2)N=c2s/c(=C\c3cccc(OC)c3OCc3ccccc3F)c(=O)n2[C@@H]1c1ccc(OC)cc1. The maximum Gasteiger partial charge on any atom is 0.338 e. The number of thiazole rings is 1. The Hall–Kier alpha value is -5.48. The van der Waals surface area contributed by atoms with Crippen LogP contribution in [-0.2, 0) is 16.1 Å². The number of methoxy groups -OCH3 is 2. The van der Waals surface area contributed by atoms with Crippen molar-refractivity contribution in [1.82, 2.24) is 4.57 Å². The molecule has 4 aromatic carbocycles. The lowest BCUT2D eigenvalue weighted by Crippen LogP contribution is -2.40. The Labute approximate surface area is 274 Å². The van der Waals surface area contributed by atoms with E-state index in [1.807, 2.05) is 42.5 Å². The fourth-order valence-corrected chi connectivity index (χ4v) is 6.40. The number of aromatic nitrogens is 1. The number of para-hydroxylation sites is 1. The summed E-state index contributed by atoms with van der Waals surface area (Å²) in [4.78, 5) is 33.3. The van der Waals surface area contributed by atoms with Crippen LogP contribution in [0.1, 0.15) is 35.2 Å². The fraction of sp³-hybridized carbons (Fsp3) is 0.162. The van der Waals surface area contributed by atoms with Crippen LogP contribution in [0.4, 0.5) is 4.39 Å². The highest BCUT2D eigenvalue weighted by atomic mass is 32.1. The van der Waals surface area contributed by atoms with Crippen LogP contribution in [0, 0.1) is 5.82 Å². The minimum atomic E-state index is -0.837. The normalized spacial score (nSPS) is 14.3. The van der Waals surface area contributed by atoms with Crippen LogP contribution in [0.15, 0.2) is 112 Å². The van der Waals surface area contributed by atoms with E-state index in [-0.39, 0.29) is 30.2 Å². The molecule has 1 atom stereocenters. The molecule has 47 heavy (non-hydrogen) atoms. The van der Waals surface area contributed by atoms with Gasteiger partial charge in [0.1, 0.15) is 18.2 Å². The maximum absolute atomic E-state index is 14.4. The Morgan fingerprint density at radius 3 is 2.38 bits per heavy atom. The number of hydrogen-bond acceptors (Lipinski definition) is 8. The number of fused-ring (bicyclic) bond motifs is 1. The van der Waals surface area contributed by atoms with Gasteiger partial charge in [0.2, 0.25) is 0 Å². The van der Waals surface area contributed by atoms with Crippen molar-refractivity contribution in [2.45, 2.75) is 19.6 Å². The molecular formula is C37H31FN2O6S. The predicted molar refractivity (Wildman–Crippen MR) is 178 cm³/mol. The van der Waals surface area contributed by atoms with Crippen LogP contribution in [-0.4, -0.2) is 31.4 Å². The zero-order valence-corrected chi connectivity index (χ0v) is 26.8. The zero-order valence-electron chi connectivity index (χ0n) is 25.9. The van der Waals surface area contributed by atoms with Gasteiger partial charge in [-0.15, -0.1) is 0 Å². The second-order valence-corrected chi connectivity index (χ2v) is 11.5. The smallest absolute Gasteiger partial charge is 0.338 e. The average Bonchev–Trinajstić information content (AvgIpc) is 3.41. The summed E-state index contributed by atoms with van der Waals surface area (Å²) in [7, 11) is 3.09. The van der Waals surface area contributed by atoms with Crippen LogP contribution in [0.3, 0.4) is 0 Å². The lowest BCUT2D eigenvalue weighted by molar-refractivity contribution is -0.138. The summed E-state index contributed by atoms with van der Waals surface area (Å²) in [6, 6.07) is 27.4. The van der Waals surface area contributed by atoms with Crippen molar-refractivity contribution >= 4 is 29.1 Å². The Kier molecular flexibility index (Phi) is 9.30. The number of ether oxygens (including phenoxy) is 4.